The van der Waals surface area contributed by atoms with E-state index in [1.54, 1.807) is 6.07 Å². The molecule has 2 rings (SSSR count). The van der Waals surface area contributed by atoms with Crippen LogP contribution in [0.4, 0.5) is 10.1 Å². The van der Waals surface area contributed by atoms with Crippen LogP contribution >= 0.6 is 0 Å². The Bertz CT molecular complexity index is 417. The van der Waals surface area contributed by atoms with Gasteiger partial charge in [0.1, 0.15) is 5.82 Å². The van der Waals surface area contributed by atoms with Crippen molar-refractivity contribution >= 4 is 5.69 Å². The Morgan fingerprint density at radius 3 is 2.56 bits per heavy atom. The maximum absolute atomic E-state index is 13.6. The topological polar surface area (TPSA) is 30.3 Å². The normalized spacial score (nSPS) is 17.2. The number of benzene rings is 1. The van der Waals surface area contributed by atoms with E-state index in [0.717, 1.165) is 26.2 Å². The van der Waals surface area contributed by atoms with Gasteiger partial charge in [-0.05, 0) is 25.2 Å². The third kappa shape index (κ3) is 2.15. The van der Waals surface area contributed by atoms with Crippen LogP contribution in [0.15, 0.2) is 18.2 Å². The van der Waals surface area contributed by atoms with Crippen LogP contribution in [0.2, 0.25) is 0 Å². The summed E-state index contributed by atoms with van der Waals surface area (Å²) in [7, 11) is 2.05. The Morgan fingerprint density at radius 1 is 1.25 bits per heavy atom. The number of likely N-dealkylation sites (N-methyl/N-ethyl adjacent to an activating group) is 1. The lowest BCUT2D eigenvalue weighted by Crippen LogP contribution is -2.44. The SMILES string of the molecule is CN1CCN(c2cc(C#N)ccc2F)CC1. The smallest absolute Gasteiger partial charge is 0.146 e. The first-order valence-corrected chi connectivity index (χ1v) is 5.34. The van der Waals surface area contributed by atoms with Crippen molar-refractivity contribution in [3.05, 3.63) is 29.6 Å². The van der Waals surface area contributed by atoms with Crippen LogP contribution in [0.5, 0.6) is 0 Å². The molecular formula is C12H14FN3. The summed E-state index contributed by atoms with van der Waals surface area (Å²) in [6.07, 6.45) is 0. The van der Waals surface area contributed by atoms with Crippen LogP contribution in [0.25, 0.3) is 0 Å². The fourth-order valence-corrected chi connectivity index (χ4v) is 1.87. The molecule has 4 heteroatoms. The second-order valence-corrected chi connectivity index (χ2v) is 4.07. The number of halogens is 1. The van der Waals surface area contributed by atoms with E-state index < -0.39 is 0 Å². The van der Waals surface area contributed by atoms with E-state index in [4.69, 9.17) is 5.26 Å². The van der Waals surface area contributed by atoms with Gasteiger partial charge in [-0.2, -0.15) is 5.26 Å². The van der Waals surface area contributed by atoms with E-state index in [-0.39, 0.29) is 5.82 Å². The van der Waals surface area contributed by atoms with Gasteiger partial charge in [0.05, 0.1) is 17.3 Å². The highest BCUT2D eigenvalue weighted by atomic mass is 19.1. The molecule has 0 saturated carbocycles. The van der Waals surface area contributed by atoms with E-state index in [1.807, 2.05) is 11.0 Å². The van der Waals surface area contributed by atoms with Gasteiger partial charge in [-0.1, -0.05) is 0 Å². The van der Waals surface area contributed by atoms with E-state index in [0.29, 0.717) is 11.3 Å². The van der Waals surface area contributed by atoms with Crippen LogP contribution < -0.4 is 4.90 Å². The molecule has 1 aromatic carbocycles. The average molecular weight is 219 g/mol. The lowest BCUT2D eigenvalue weighted by molar-refractivity contribution is 0.311. The molecule has 0 bridgehead atoms. The van der Waals surface area contributed by atoms with Crippen LogP contribution in [-0.4, -0.2) is 38.1 Å². The minimum Gasteiger partial charge on any atom is -0.367 e. The Hall–Kier alpha value is -1.60. The van der Waals surface area contributed by atoms with Crippen molar-refractivity contribution in [1.29, 1.82) is 5.26 Å². The van der Waals surface area contributed by atoms with Crippen molar-refractivity contribution in [3.63, 3.8) is 0 Å². The van der Waals surface area contributed by atoms with Crippen molar-refractivity contribution in [1.82, 2.24) is 4.90 Å². The average Bonchev–Trinajstić information content (AvgIpc) is 2.31. The largest absolute Gasteiger partial charge is 0.367 e. The van der Waals surface area contributed by atoms with Gasteiger partial charge in [0.2, 0.25) is 0 Å². The molecule has 0 unspecified atom stereocenters. The summed E-state index contributed by atoms with van der Waals surface area (Å²) in [6.45, 7) is 3.47. The van der Waals surface area contributed by atoms with Gasteiger partial charge in [-0.25, -0.2) is 4.39 Å². The van der Waals surface area contributed by atoms with Gasteiger partial charge < -0.3 is 9.80 Å². The minimum absolute atomic E-state index is 0.247. The lowest BCUT2D eigenvalue weighted by atomic mass is 10.2. The Kier molecular flexibility index (Phi) is 3.07. The summed E-state index contributed by atoms with van der Waals surface area (Å²) in [5.74, 6) is -0.247. The number of anilines is 1. The molecule has 0 amide bonds. The number of rotatable bonds is 1. The quantitative estimate of drug-likeness (QED) is 0.716. The van der Waals surface area contributed by atoms with Crippen molar-refractivity contribution < 1.29 is 4.39 Å². The lowest BCUT2D eigenvalue weighted by Gasteiger charge is -2.34. The zero-order valence-electron chi connectivity index (χ0n) is 9.28. The number of hydrogen-bond acceptors (Lipinski definition) is 3. The van der Waals surface area contributed by atoms with Crippen LogP contribution in [0.1, 0.15) is 5.56 Å². The molecule has 1 heterocycles. The van der Waals surface area contributed by atoms with Crippen LogP contribution in [0, 0.1) is 17.1 Å². The molecule has 0 aromatic heterocycles. The molecule has 0 aliphatic carbocycles. The van der Waals surface area contributed by atoms with E-state index in [1.165, 1.54) is 12.1 Å². The molecule has 1 aliphatic heterocycles. The van der Waals surface area contributed by atoms with Crippen LogP contribution in [-0.2, 0) is 0 Å². The zero-order chi connectivity index (χ0) is 11.5. The zero-order valence-corrected chi connectivity index (χ0v) is 9.28. The molecule has 1 aliphatic rings. The summed E-state index contributed by atoms with van der Waals surface area (Å²) in [5.41, 5.74) is 1.06. The van der Waals surface area contributed by atoms with E-state index >= 15 is 0 Å². The van der Waals surface area contributed by atoms with E-state index in [9.17, 15) is 4.39 Å². The van der Waals surface area contributed by atoms with Crippen LogP contribution in [0.3, 0.4) is 0 Å². The molecule has 1 saturated heterocycles. The first-order valence-electron chi connectivity index (χ1n) is 5.34. The molecule has 84 valence electrons. The van der Waals surface area contributed by atoms with Crippen molar-refractivity contribution in [2.24, 2.45) is 0 Å². The molecule has 0 N–H and O–H groups in total. The summed E-state index contributed by atoms with van der Waals surface area (Å²) in [5, 5.41) is 8.79. The minimum atomic E-state index is -0.247. The number of nitrogens with zero attached hydrogens (tertiary/aromatic N) is 3. The molecule has 0 radical (unpaired) electrons. The number of nitriles is 1. The van der Waals surface area contributed by atoms with Crippen molar-refractivity contribution in [2.75, 3.05) is 38.1 Å². The van der Waals surface area contributed by atoms with Gasteiger partial charge in [-0.3, -0.25) is 0 Å². The summed E-state index contributed by atoms with van der Waals surface area (Å²) >= 11 is 0. The maximum atomic E-state index is 13.6. The predicted octanol–water partition coefficient (Wildman–Crippen LogP) is 1.45. The third-order valence-electron chi connectivity index (χ3n) is 2.92. The number of hydrogen-bond donors (Lipinski definition) is 0. The van der Waals surface area contributed by atoms with E-state index in [2.05, 4.69) is 11.9 Å². The molecule has 0 spiro atoms. The molecule has 16 heavy (non-hydrogen) atoms. The van der Waals surface area contributed by atoms with Gasteiger partial charge in [-0.15, -0.1) is 0 Å². The summed E-state index contributed by atoms with van der Waals surface area (Å²) in [6, 6.07) is 6.54. The fraction of sp³-hybridized carbons (Fsp3) is 0.417. The fourth-order valence-electron chi connectivity index (χ4n) is 1.87. The highest BCUT2D eigenvalue weighted by molar-refractivity contribution is 5.53. The Labute approximate surface area is 94.7 Å². The summed E-state index contributed by atoms with van der Waals surface area (Å²) < 4.78 is 13.6. The first-order chi connectivity index (χ1) is 7.70. The highest BCUT2D eigenvalue weighted by Gasteiger charge is 2.17. The second-order valence-electron chi connectivity index (χ2n) is 4.07. The molecular weight excluding hydrogens is 205 g/mol. The Balaban J connectivity index is 2.23. The first kappa shape index (κ1) is 10.9. The predicted molar refractivity (Wildman–Crippen MR) is 60.8 cm³/mol. The molecule has 1 fully saturated rings. The molecule has 3 nitrogen and oxygen atoms in total. The second kappa shape index (κ2) is 4.50. The van der Waals surface area contributed by atoms with Crippen molar-refractivity contribution in [3.8, 4) is 6.07 Å². The monoisotopic (exact) mass is 219 g/mol. The standard InChI is InChI=1S/C12H14FN3/c1-15-4-6-16(7-5-15)12-8-10(9-14)2-3-11(12)13/h2-3,8H,4-7H2,1H3. The molecule has 1 aromatic rings. The third-order valence-corrected chi connectivity index (χ3v) is 2.92. The number of piperazine rings is 1. The highest BCUT2D eigenvalue weighted by Crippen LogP contribution is 2.21. The van der Waals surface area contributed by atoms with Crippen molar-refractivity contribution in [2.45, 2.75) is 0 Å². The van der Waals surface area contributed by atoms with Gasteiger partial charge >= 0.3 is 0 Å². The Morgan fingerprint density at radius 2 is 1.94 bits per heavy atom. The summed E-state index contributed by atoms with van der Waals surface area (Å²) in [4.78, 5) is 4.21. The molecule has 0 atom stereocenters. The maximum Gasteiger partial charge on any atom is 0.146 e. The van der Waals surface area contributed by atoms with Gasteiger partial charge in [0.25, 0.3) is 0 Å². The van der Waals surface area contributed by atoms with Gasteiger partial charge in [0, 0.05) is 26.2 Å². The van der Waals surface area contributed by atoms with Gasteiger partial charge in [0.15, 0.2) is 0 Å².